The predicted molar refractivity (Wildman–Crippen MR) is 59.6 cm³/mol. The van der Waals surface area contributed by atoms with Crippen LogP contribution < -0.4 is 0 Å². The highest BCUT2D eigenvalue weighted by molar-refractivity contribution is 5.18. The molecule has 1 heterocycles. The topological polar surface area (TPSA) is 29.5 Å². The van der Waals surface area contributed by atoms with Gasteiger partial charge < -0.3 is 9.84 Å². The standard InChI is InChI=1S/C13H17FO2/c1-9-11(6-7-16-9)13(15)8-10-4-2-3-5-12(10)14/h2-5,9,11,13,15H,6-8H2,1H3. The lowest BCUT2D eigenvalue weighted by molar-refractivity contribution is 0.0437. The summed E-state index contributed by atoms with van der Waals surface area (Å²) in [5, 5.41) is 10.1. The maximum absolute atomic E-state index is 13.4. The van der Waals surface area contributed by atoms with Gasteiger partial charge in [-0.05, 0) is 25.0 Å². The Morgan fingerprint density at radius 3 is 2.88 bits per heavy atom. The zero-order valence-electron chi connectivity index (χ0n) is 9.40. The molecule has 0 aromatic heterocycles. The minimum absolute atomic E-state index is 0.0711. The number of aliphatic hydroxyl groups excluding tert-OH is 1. The van der Waals surface area contributed by atoms with Gasteiger partial charge in [0.05, 0.1) is 12.2 Å². The van der Waals surface area contributed by atoms with Gasteiger partial charge in [0.1, 0.15) is 5.82 Å². The van der Waals surface area contributed by atoms with Gasteiger partial charge in [-0.1, -0.05) is 18.2 Å². The molecule has 16 heavy (non-hydrogen) atoms. The maximum Gasteiger partial charge on any atom is 0.126 e. The quantitative estimate of drug-likeness (QED) is 0.852. The molecule has 1 aliphatic heterocycles. The zero-order chi connectivity index (χ0) is 11.5. The van der Waals surface area contributed by atoms with Crippen molar-refractivity contribution in [2.24, 2.45) is 5.92 Å². The van der Waals surface area contributed by atoms with Gasteiger partial charge >= 0.3 is 0 Å². The second-order valence-corrected chi connectivity index (χ2v) is 4.39. The van der Waals surface area contributed by atoms with Crippen molar-refractivity contribution in [3.05, 3.63) is 35.6 Å². The number of ether oxygens (including phenoxy) is 1. The number of benzene rings is 1. The molecule has 1 aromatic carbocycles. The molecule has 2 nitrogen and oxygen atoms in total. The van der Waals surface area contributed by atoms with Crippen molar-refractivity contribution in [1.82, 2.24) is 0 Å². The summed E-state index contributed by atoms with van der Waals surface area (Å²) in [6, 6.07) is 6.60. The first-order valence-corrected chi connectivity index (χ1v) is 5.71. The molecule has 1 saturated heterocycles. The third-order valence-corrected chi connectivity index (χ3v) is 3.32. The Bertz CT molecular complexity index is 354. The number of aliphatic hydroxyl groups is 1. The first-order valence-electron chi connectivity index (χ1n) is 5.71. The number of rotatable bonds is 3. The SMILES string of the molecule is CC1OCCC1C(O)Cc1ccccc1F. The van der Waals surface area contributed by atoms with Crippen LogP contribution in [0.2, 0.25) is 0 Å². The number of hydrogen-bond donors (Lipinski definition) is 1. The second-order valence-electron chi connectivity index (χ2n) is 4.39. The van der Waals surface area contributed by atoms with E-state index >= 15 is 0 Å². The third-order valence-electron chi connectivity index (χ3n) is 3.32. The van der Waals surface area contributed by atoms with Crippen LogP contribution in [0.4, 0.5) is 4.39 Å². The van der Waals surface area contributed by atoms with Crippen molar-refractivity contribution in [2.45, 2.75) is 32.0 Å². The summed E-state index contributed by atoms with van der Waals surface area (Å²) in [6.45, 7) is 2.66. The molecule has 88 valence electrons. The fourth-order valence-corrected chi connectivity index (χ4v) is 2.29. The van der Waals surface area contributed by atoms with Crippen molar-refractivity contribution >= 4 is 0 Å². The highest BCUT2D eigenvalue weighted by Crippen LogP contribution is 2.26. The van der Waals surface area contributed by atoms with E-state index in [9.17, 15) is 9.50 Å². The van der Waals surface area contributed by atoms with Crippen molar-refractivity contribution in [3.8, 4) is 0 Å². The molecule has 2 rings (SSSR count). The lowest BCUT2D eigenvalue weighted by Gasteiger charge is -2.21. The summed E-state index contributed by atoms with van der Waals surface area (Å²) in [4.78, 5) is 0. The van der Waals surface area contributed by atoms with Crippen LogP contribution in [-0.2, 0) is 11.2 Å². The largest absolute Gasteiger partial charge is 0.392 e. The average molecular weight is 224 g/mol. The van der Waals surface area contributed by atoms with Crippen molar-refractivity contribution < 1.29 is 14.2 Å². The lowest BCUT2D eigenvalue weighted by Crippen LogP contribution is -2.28. The summed E-state index contributed by atoms with van der Waals surface area (Å²) < 4.78 is 18.8. The smallest absolute Gasteiger partial charge is 0.126 e. The Hall–Kier alpha value is -0.930. The highest BCUT2D eigenvalue weighted by atomic mass is 19.1. The molecule has 3 heteroatoms. The minimum Gasteiger partial charge on any atom is -0.392 e. The number of halogens is 1. The Kier molecular flexibility index (Phi) is 3.56. The van der Waals surface area contributed by atoms with Gasteiger partial charge in [-0.3, -0.25) is 0 Å². The normalized spacial score (nSPS) is 26.9. The molecular weight excluding hydrogens is 207 g/mol. The van der Waals surface area contributed by atoms with Gasteiger partial charge in [-0.15, -0.1) is 0 Å². The van der Waals surface area contributed by atoms with E-state index in [1.165, 1.54) is 6.07 Å². The van der Waals surface area contributed by atoms with E-state index < -0.39 is 6.10 Å². The molecule has 1 N–H and O–H groups in total. The first kappa shape index (κ1) is 11.6. The van der Waals surface area contributed by atoms with E-state index in [0.717, 1.165) is 6.42 Å². The summed E-state index contributed by atoms with van der Waals surface area (Å²) in [6.07, 6.45) is 0.776. The molecule has 0 spiro atoms. The van der Waals surface area contributed by atoms with Gasteiger partial charge in [-0.25, -0.2) is 4.39 Å². The molecule has 0 saturated carbocycles. The Labute approximate surface area is 95.1 Å². The van der Waals surface area contributed by atoms with E-state index in [2.05, 4.69) is 0 Å². The van der Waals surface area contributed by atoms with Gasteiger partial charge in [0.25, 0.3) is 0 Å². The van der Waals surface area contributed by atoms with Crippen LogP contribution in [0.3, 0.4) is 0 Å². The fraction of sp³-hybridized carbons (Fsp3) is 0.538. The zero-order valence-corrected chi connectivity index (χ0v) is 9.40. The summed E-state index contributed by atoms with van der Waals surface area (Å²) in [5.74, 6) is -0.118. The van der Waals surface area contributed by atoms with E-state index in [-0.39, 0.29) is 17.8 Å². The Morgan fingerprint density at radius 1 is 1.50 bits per heavy atom. The Balaban J connectivity index is 2.02. The molecule has 3 unspecified atom stereocenters. The van der Waals surface area contributed by atoms with Gasteiger partial charge in [0.15, 0.2) is 0 Å². The van der Waals surface area contributed by atoms with Crippen molar-refractivity contribution in [1.29, 1.82) is 0 Å². The molecule has 1 aliphatic rings. The maximum atomic E-state index is 13.4. The fourth-order valence-electron chi connectivity index (χ4n) is 2.29. The monoisotopic (exact) mass is 224 g/mol. The van der Waals surface area contributed by atoms with E-state index in [1.54, 1.807) is 18.2 Å². The summed E-state index contributed by atoms with van der Waals surface area (Å²) in [7, 11) is 0. The van der Waals surface area contributed by atoms with E-state index in [1.807, 2.05) is 6.92 Å². The van der Waals surface area contributed by atoms with Crippen LogP contribution >= 0.6 is 0 Å². The average Bonchev–Trinajstić information content (AvgIpc) is 2.68. The third kappa shape index (κ3) is 2.42. The minimum atomic E-state index is -0.519. The highest BCUT2D eigenvalue weighted by Gasteiger charge is 2.30. The van der Waals surface area contributed by atoms with E-state index in [4.69, 9.17) is 4.74 Å². The molecule has 0 bridgehead atoms. The Morgan fingerprint density at radius 2 is 2.25 bits per heavy atom. The summed E-state index contributed by atoms with van der Waals surface area (Å²) in [5.41, 5.74) is 0.578. The molecule has 0 radical (unpaired) electrons. The molecule has 0 amide bonds. The van der Waals surface area contributed by atoms with Crippen LogP contribution in [0.15, 0.2) is 24.3 Å². The predicted octanol–water partition coefficient (Wildman–Crippen LogP) is 2.15. The first-order chi connectivity index (χ1) is 7.68. The lowest BCUT2D eigenvalue weighted by atomic mass is 9.91. The van der Waals surface area contributed by atoms with Gasteiger partial charge in [-0.2, -0.15) is 0 Å². The van der Waals surface area contributed by atoms with E-state index in [0.29, 0.717) is 18.6 Å². The molecule has 0 aliphatic carbocycles. The molecule has 3 atom stereocenters. The molecular formula is C13H17FO2. The van der Waals surface area contributed by atoms with Crippen LogP contribution in [0.1, 0.15) is 18.9 Å². The van der Waals surface area contributed by atoms with Crippen molar-refractivity contribution in [2.75, 3.05) is 6.61 Å². The van der Waals surface area contributed by atoms with Crippen LogP contribution in [0.5, 0.6) is 0 Å². The van der Waals surface area contributed by atoms with Crippen LogP contribution in [0, 0.1) is 11.7 Å². The summed E-state index contributed by atoms with van der Waals surface area (Å²) >= 11 is 0. The molecule has 1 fully saturated rings. The number of hydrogen-bond acceptors (Lipinski definition) is 2. The van der Waals surface area contributed by atoms with Gasteiger partial charge in [0.2, 0.25) is 0 Å². The van der Waals surface area contributed by atoms with Crippen LogP contribution in [-0.4, -0.2) is 23.9 Å². The van der Waals surface area contributed by atoms with Crippen LogP contribution in [0.25, 0.3) is 0 Å². The second kappa shape index (κ2) is 4.93. The van der Waals surface area contributed by atoms with Gasteiger partial charge in [0, 0.05) is 18.9 Å². The molecule has 1 aromatic rings. The van der Waals surface area contributed by atoms with Crippen molar-refractivity contribution in [3.63, 3.8) is 0 Å².